The van der Waals surface area contributed by atoms with Gasteiger partial charge in [0.15, 0.2) is 0 Å². The van der Waals surface area contributed by atoms with Gasteiger partial charge in [0.2, 0.25) is 0 Å². The molecule has 0 aliphatic carbocycles. The summed E-state index contributed by atoms with van der Waals surface area (Å²) < 4.78 is 14.1. The molecule has 0 bridgehead atoms. The summed E-state index contributed by atoms with van der Waals surface area (Å²) in [6.45, 7) is 2.38. The van der Waals surface area contributed by atoms with Gasteiger partial charge in [-0.3, -0.25) is 4.79 Å². The van der Waals surface area contributed by atoms with Gasteiger partial charge in [0.05, 0.1) is 24.8 Å². The lowest BCUT2D eigenvalue weighted by Crippen LogP contribution is -2.39. The van der Waals surface area contributed by atoms with Gasteiger partial charge in [-0.15, -0.1) is 0 Å². The molecule has 1 aliphatic heterocycles. The quantitative estimate of drug-likeness (QED) is 0.352. The summed E-state index contributed by atoms with van der Waals surface area (Å²) in [6.07, 6.45) is 4.02. The molecule has 1 aromatic heterocycles. The van der Waals surface area contributed by atoms with E-state index >= 15 is 0 Å². The van der Waals surface area contributed by atoms with E-state index in [4.69, 9.17) is 9.47 Å². The standard InChI is InChI=1S/C30H32N2O4/c1-3-14-35-28-13-12-21(29-17-20-8-4-7-11-27(20)36-29)16-25(28)30(34)31-23(19-33)15-22-18-32(2)26-10-6-5-9-24(22)26/h4-13,16,18,23,29,33H,3,14-15,17,19H2,1-2H3,(H,31,34)/t23-,29?/m1/s1. The van der Waals surface area contributed by atoms with Crippen molar-refractivity contribution < 1.29 is 19.4 Å². The fraction of sp³-hybridized carbons (Fsp3) is 0.300. The van der Waals surface area contributed by atoms with Gasteiger partial charge in [-0.1, -0.05) is 49.4 Å². The van der Waals surface area contributed by atoms with Crippen LogP contribution in [0.2, 0.25) is 0 Å². The molecule has 0 saturated carbocycles. The van der Waals surface area contributed by atoms with Crippen molar-refractivity contribution in [3.05, 3.63) is 95.2 Å². The van der Waals surface area contributed by atoms with Crippen LogP contribution in [0, 0.1) is 0 Å². The number of aromatic nitrogens is 1. The second-order valence-corrected chi connectivity index (χ2v) is 9.36. The zero-order valence-electron chi connectivity index (χ0n) is 20.7. The number of hydrogen-bond acceptors (Lipinski definition) is 4. The van der Waals surface area contributed by atoms with Gasteiger partial charge in [-0.05, 0) is 53.8 Å². The second-order valence-electron chi connectivity index (χ2n) is 9.36. The molecule has 6 heteroatoms. The van der Waals surface area contributed by atoms with Crippen molar-refractivity contribution in [3.63, 3.8) is 0 Å². The molecule has 186 valence electrons. The SMILES string of the molecule is CCCOc1ccc(C2Cc3ccccc3O2)cc1C(=O)N[C@@H](CO)Cc1cn(C)c2ccccc12. The van der Waals surface area contributed by atoms with Crippen molar-refractivity contribution in [1.82, 2.24) is 9.88 Å². The van der Waals surface area contributed by atoms with Gasteiger partial charge < -0.3 is 24.5 Å². The van der Waals surface area contributed by atoms with E-state index in [-0.39, 0.29) is 18.6 Å². The van der Waals surface area contributed by atoms with E-state index in [1.54, 1.807) is 0 Å². The summed E-state index contributed by atoms with van der Waals surface area (Å²) in [6, 6.07) is 21.4. The lowest BCUT2D eigenvalue weighted by atomic mass is 10.00. The van der Waals surface area contributed by atoms with Crippen molar-refractivity contribution in [2.75, 3.05) is 13.2 Å². The van der Waals surface area contributed by atoms with Crippen LogP contribution in [0.4, 0.5) is 0 Å². The number of amides is 1. The maximum atomic E-state index is 13.5. The van der Waals surface area contributed by atoms with Crippen molar-refractivity contribution in [1.29, 1.82) is 0 Å². The molecule has 3 aromatic carbocycles. The third kappa shape index (κ3) is 4.82. The van der Waals surface area contributed by atoms with Crippen LogP contribution in [0.3, 0.4) is 0 Å². The van der Waals surface area contributed by atoms with E-state index in [0.717, 1.165) is 46.2 Å². The molecule has 1 amide bonds. The summed E-state index contributed by atoms with van der Waals surface area (Å²) in [5.41, 5.74) is 4.75. The fourth-order valence-corrected chi connectivity index (χ4v) is 4.91. The smallest absolute Gasteiger partial charge is 0.255 e. The third-order valence-electron chi connectivity index (χ3n) is 6.73. The molecular formula is C30H32N2O4. The number of nitrogens with zero attached hydrogens (tertiary/aromatic N) is 1. The highest BCUT2D eigenvalue weighted by molar-refractivity contribution is 5.97. The fourth-order valence-electron chi connectivity index (χ4n) is 4.91. The molecule has 2 atom stereocenters. The Labute approximate surface area is 211 Å². The average molecular weight is 485 g/mol. The van der Waals surface area contributed by atoms with Crippen LogP contribution >= 0.6 is 0 Å². The van der Waals surface area contributed by atoms with Gasteiger partial charge in [0.1, 0.15) is 17.6 Å². The van der Waals surface area contributed by atoms with Crippen molar-refractivity contribution in [2.24, 2.45) is 7.05 Å². The maximum absolute atomic E-state index is 13.5. The largest absolute Gasteiger partial charge is 0.493 e. The van der Waals surface area contributed by atoms with E-state index in [9.17, 15) is 9.90 Å². The predicted molar refractivity (Wildman–Crippen MR) is 141 cm³/mol. The van der Waals surface area contributed by atoms with E-state index in [1.165, 1.54) is 0 Å². The molecule has 1 aliphatic rings. The first-order valence-electron chi connectivity index (χ1n) is 12.5. The Morgan fingerprint density at radius 1 is 1.17 bits per heavy atom. The van der Waals surface area contributed by atoms with Gasteiger partial charge in [-0.2, -0.15) is 0 Å². The summed E-state index contributed by atoms with van der Waals surface area (Å²) in [5, 5.41) is 14.3. The Hall–Kier alpha value is -3.77. The maximum Gasteiger partial charge on any atom is 0.255 e. The Balaban J connectivity index is 1.38. The first kappa shape index (κ1) is 23.9. The minimum Gasteiger partial charge on any atom is -0.493 e. The highest BCUT2D eigenvalue weighted by Crippen LogP contribution is 2.37. The Bertz CT molecular complexity index is 1350. The number of hydrogen-bond donors (Lipinski definition) is 2. The number of benzene rings is 3. The lowest BCUT2D eigenvalue weighted by molar-refractivity contribution is 0.0912. The van der Waals surface area contributed by atoms with Crippen LogP contribution in [0.1, 0.15) is 46.5 Å². The number of fused-ring (bicyclic) bond motifs is 2. The molecule has 4 aromatic rings. The number of carbonyl (C=O) groups is 1. The second kappa shape index (κ2) is 10.5. The number of ether oxygens (including phenoxy) is 2. The van der Waals surface area contributed by atoms with Crippen molar-refractivity contribution in [2.45, 2.75) is 38.3 Å². The number of aliphatic hydroxyl groups is 1. The van der Waals surface area contributed by atoms with E-state index in [0.29, 0.717) is 24.3 Å². The molecule has 1 unspecified atom stereocenters. The van der Waals surface area contributed by atoms with E-state index in [2.05, 4.69) is 34.3 Å². The Kier molecular flexibility index (Phi) is 6.96. The summed E-state index contributed by atoms with van der Waals surface area (Å²) in [4.78, 5) is 13.5. The van der Waals surface area contributed by atoms with Crippen LogP contribution in [0.5, 0.6) is 11.5 Å². The number of rotatable bonds is 9. The van der Waals surface area contributed by atoms with Gasteiger partial charge in [0.25, 0.3) is 5.91 Å². The summed E-state index contributed by atoms with van der Waals surface area (Å²) >= 11 is 0. The first-order valence-corrected chi connectivity index (χ1v) is 12.5. The van der Waals surface area contributed by atoms with Crippen molar-refractivity contribution >= 4 is 16.8 Å². The normalized spacial score (nSPS) is 15.4. The molecule has 36 heavy (non-hydrogen) atoms. The topological polar surface area (TPSA) is 72.7 Å². The molecule has 0 radical (unpaired) electrons. The minimum atomic E-state index is -0.432. The van der Waals surface area contributed by atoms with Gasteiger partial charge >= 0.3 is 0 Å². The zero-order valence-corrected chi connectivity index (χ0v) is 20.7. The molecule has 2 heterocycles. The monoisotopic (exact) mass is 484 g/mol. The molecule has 0 fully saturated rings. The molecule has 2 N–H and O–H groups in total. The van der Waals surface area contributed by atoms with Crippen molar-refractivity contribution in [3.8, 4) is 11.5 Å². The minimum absolute atomic E-state index is 0.154. The van der Waals surface area contributed by atoms with Crippen LogP contribution < -0.4 is 14.8 Å². The summed E-state index contributed by atoms with van der Waals surface area (Å²) in [7, 11) is 2.00. The highest BCUT2D eigenvalue weighted by atomic mass is 16.5. The number of carbonyl (C=O) groups excluding carboxylic acids is 1. The van der Waals surface area contributed by atoms with Gasteiger partial charge in [-0.25, -0.2) is 0 Å². The number of aliphatic hydroxyl groups excluding tert-OH is 1. The third-order valence-corrected chi connectivity index (χ3v) is 6.73. The predicted octanol–water partition coefficient (Wildman–Crippen LogP) is 4.98. The lowest BCUT2D eigenvalue weighted by Gasteiger charge is -2.19. The molecule has 0 saturated heterocycles. The number of para-hydroxylation sites is 2. The Morgan fingerprint density at radius 2 is 1.97 bits per heavy atom. The molecule has 0 spiro atoms. The van der Waals surface area contributed by atoms with Gasteiger partial charge in [0, 0.05) is 30.6 Å². The van der Waals surface area contributed by atoms with E-state index < -0.39 is 6.04 Å². The van der Waals surface area contributed by atoms with E-state index in [1.807, 2.05) is 62.5 Å². The highest BCUT2D eigenvalue weighted by Gasteiger charge is 2.26. The zero-order chi connectivity index (χ0) is 25.1. The first-order chi connectivity index (χ1) is 17.6. The van der Waals surface area contributed by atoms with Crippen LogP contribution in [-0.2, 0) is 19.9 Å². The van der Waals surface area contributed by atoms with Crippen LogP contribution in [0.25, 0.3) is 10.9 Å². The average Bonchev–Trinajstić information content (AvgIpc) is 3.48. The molecule has 6 nitrogen and oxygen atoms in total. The molecule has 5 rings (SSSR count). The number of nitrogens with one attached hydrogen (secondary N) is 1. The number of aryl methyl sites for hydroxylation is 1. The molecular weight excluding hydrogens is 452 g/mol. The Morgan fingerprint density at radius 3 is 2.78 bits per heavy atom. The van der Waals surface area contributed by atoms with Crippen LogP contribution in [0.15, 0.2) is 72.9 Å². The van der Waals surface area contributed by atoms with Crippen LogP contribution in [-0.4, -0.2) is 34.8 Å². The summed E-state index contributed by atoms with van der Waals surface area (Å²) in [5.74, 6) is 1.16.